The molecule has 0 unspecified atom stereocenters. The summed E-state index contributed by atoms with van der Waals surface area (Å²) < 4.78 is 0. The molecule has 2 radical (unpaired) electrons. The molecular weight excluding hydrogens is 900 g/mol. The van der Waals surface area contributed by atoms with E-state index in [4.69, 9.17) is 0 Å². The van der Waals surface area contributed by atoms with E-state index < -0.39 is 11.8 Å². The molecule has 4 aromatic carbocycles. The number of benzene rings is 4. The van der Waals surface area contributed by atoms with E-state index in [1.807, 2.05) is 0 Å². The Hall–Kier alpha value is -0.127. The van der Waals surface area contributed by atoms with Crippen molar-refractivity contribution in [2.45, 2.75) is 6.42 Å². The van der Waals surface area contributed by atoms with Crippen molar-refractivity contribution >= 4 is 24.2 Å². The summed E-state index contributed by atoms with van der Waals surface area (Å²) in [6.07, 6.45) is 2.91. The minimum atomic E-state index is -0.510. The predicted molar refractivity (Wildman–Crippen MR) is 138 cm³/mol. The molecule has 0 aliphatic carbocycles. The maximum absolute atomic E-state index is 12.2. The summed E-state index contributed by atoms with van der Waals surface area (Å²) in [5.41, 5.74) is 2.94. The molecular formula is C29H20Cs2N4O8V2-10. The van der Waals surface area contributed by atoms with Crippen molar-refractivity contribution in [3.05, 3.63) is 130 Å². The van der Waals surface area contributed by atoms with E-state index in [1.165, 1.54) is 24.6 Å². The third kappa shape index (κ3) is 17.7. The Balaban J connectivity index is -0.000000667. The topological polar surface area (TPSA) is 256 Å². The van der Waals surface area contributed by atoms with Crippen LogP contribution in [0.1, 0.15) is 33.4 Å². The summed E-state index contributed by atoms with van der Waals surface area (Å²) in [5, 5.41) is 63.4. The molecule has 0 aromatic heterocycles. The molecule has 0 N–H and O–H groups in total. The average Bonchev–Trinajstić information content (AvgIpc) is 2.93. The molecule has 226 valence electrons. The molecule has 0 atom stereocenters. The van der Waals surface area contributed by atoms with Crippen LogP contribution in [-0.2, 0) is 65.4 Å². The van der Waals surface area contributed by atoms with Crippen LogP contribution in [0, 0.1) is 0 Å². The first-order chi connectivity index (χ1) is 18.0. The Labute approximate surface area is 402 Å². The van der Waals surface area contributed by atoms with Crippen molar-refractivity contribution in [2.75, 3.05) is 0 Å². The molecule has 4 aromatic rings. The van der Waals surface area contributed by atoms with Gasteiger partial charge in [0.15, 0.2) is 0 Å². The van der Waals surface area contributed by atoms with Gasteiger partial charge in [-0.2, -0.15) is 20.4 Å². The summed E-state index contributed by atoms with van der Waals surface area (Å²) in [5.74, 6) is -1.54. The Morgan fingerprint density at radius 3 is 1.20 bits per heavy atom. The fourth-order valence-electron chi connectivity index (χ4n) is 3.42. The van der Waals surface area contributed by atoms with Gasteiger partial charge in [0.25, 0.3) is 0 Å². The third-order valence-corrected chi connectivity index (χ3v) is 5.29. The molecule has 0 saturated heterocycles. The first-order valence-corrected chi connectivity index (χ1v) is 11.3. The van der Waals surface area contributed by atoms with Gasteiger partial charge >= 0.3 is 138 Å². The van der Waals surface area contributed by atoms with E-state index in [2.05, 4.69) is 20.4 Å². The SMILES string of the molecule is [Cs+].[Cs+].[O-2].[O-2].[O-2].[O-2].[O-]/C(=N\N=C\c1cc(Cc2ccc([O-])c(/C=N/N=C(\[O-])c3ccccc3)c2)ccc1[O-])c1ccccc1.[V].[V]. The second-order valence-corrected chi connectivity index (χ2v) is 7.95. The molecule has 0 saturated carbocycles. The summed E-state index contributed by atoms with van der Waals surface area (Å²) in [4.78, 5) is 0. The molecule has 12 nitrogen and oxygen atoms in total. The van der Waals surface area contributed by atoms with Gasteiger partial charge in [0.05, 0.1) is 12.4 Å². The zero-order valence-corrected chi connectivity index (χ0v) is 39.4. The fourth-order valence-corrected chi connectivity index (χ4v) is 3.42. The number of nitrogens with zero attached hydrogens (tertiary/aromatic N) is 4. The van der Waals surface area contributed by atoms with Gasteiger partial charge in [-0.15, -0.1) is 0 Å². The van der Waals surface area contributed by atoms with Crippen LogP contribution in [0.25, 0.3) is 0 Å². The van der Waals surface area contributed by atoms with E-state index in [9.17, 15) is 20.4 Å². The van der Waals surface area contributed by atoms with Crippen molar-refractivity contribution in [3.63, 3.8) is 0 Å². The minimum Gasteiger partial charge on any atom is -2.00 e. The van der Waals surface area contributed by atoms with Gasteiger partial charge in [-0.3, -0.25) is 0 Å². The normalized spacial score (nSPS) is 10.2. The summed E-state index contributed by atoms with van der Waals surface area (Å²) in [6, 6.07) is 26.5. The van der Waals surface area contributed by atoms with Crippen molar-refractivity contribution < 1.29 is 217 Å². The molecule has 0 aliphatic heterocycles. The molecule has 0 aliphatic rings. The van der Waals surface area contributed by atoms with Crippen LogP contribution in [0.15, 0.2) is 117 Å². The average molecular weight is 920 g/mol. The summed E-state index contributed by atoms with van der Waals surface area (Å²) in [7, 11) is 0. The Bertz CT molecular complexity index is 1400. The van der Waals surface area contributed by atoms with Crippen LogP contribution in [0.4, 0.5) is 0 Å². The molecule has 0 heterocycles. The van der Waals surface area contributed by atoms with Gasteiger partial charge in [0.2, 0.25) is 0 Å². The maximum atomic E-state index is 12.2. The molecule has 45 heavy (non-hydrogen) atoms. The van der Waals surface area contributed by atoms with Gasteiger partial charge in [0.1, 0.15) is 0 Å². The quantitative estimate of drug-likeness (QED) is 0.0959. The van der Waals surface area contributed by atoms with Crippen LogP contribution in [0.5, 0.6) is 11.5 Å². The standard InChI is InChI=1S/C29H24N4O4.2Cs.4O.2V/c34-26-13-11-20(16-24(26)18-30-32-28(36)22-7-3-1-4-8-22)15-21-12-14-27(35)25(17-21)19-31-33-29(37)23-9-5-2-6-10-23;;;;;;;;/h1-14,16-19,34-35H,15H2,(H,32,36)(H,33,37);;;;;;;;/q;2*+1;4*-2;;/p-4/b30-18+,31-19+;;;;;;;;. The van der Waals surface area contributed by atoms with Gasteiger partial charge in [-0.25, -0.2) is 0 Å². The van der Waals surface area contributed by atoms with E-state index in [0.717, 1.165) is 11.1 Å². The van der Waals surface area contributed by atoms with Crippen LogP contribution in [0.2, 0.25) is 0 Å². The van der Waals surface area contributed by atoms with Crippen molar-refractivity contribution in [3.8, 4) is 11.5 Å². The molecule has 0 amide bonds. The molecule has 4 rings (SSSR count). The van der Waals surface area contributed by atoms with Crippen molar-refractivity contribution in [1.82, 2.24) is 0 Å². The second kappa shape index (κ2) is 28.8. The monoisotopic (exact) mass is 920 g/mol. The zero-order chi connectivity index (χ0) is 26.0. The first kappa shape index (κ1) is 54.3. The van der Waals surface area contributed by atoms with Gasteiger partial charge in [-0.05, 0) is 39.8 Å². The largest absolute Gasteiger partial charge is 2.00 e. The fraction of sp³-hybridized carbons (Fsp3) is 0.0345. The third-order valence-electron chi connectivity index (χ3n) is 5.29. The maximum Gasteiger partial charge on any atom is 1.00 e. The predicted octanol–water partition coefficient (Wildman–Crippen LogP) is -4.77. The number of hydrogen-bond acceptors (Lipinski definition) is 8. The van der Waals surface area contributed by atoms with Crippen LogP contribution in [-0.4, -0.2) is 24.2 Å². The summed E-state index contributed by atoms with van der Waals surface area (Å²) in [6.45, 7) is 0. The first-order valence-electron chi connectivity index (χ1n) is 11.3. The van der Waals surface area contributed by atoms with Crippen LogP contribution < -0.4 is 158 Å². The van der Waals surface area contributed by atoms with Crippen LogP contribution in [0.3, 0.4) is 0 Å². The zero-order valence-electron chi connectivity index (χ0n) is 24.0. The van der Waals surface area contributed by atoms with E-state index in [1.54, 1.807) is 84.9 Å². The Kier molecular flexibility index (Phi) is 34.8. The summed E-state index contributed by atoms with van der Waals surface area (Å²) >= 11 is 0. The van der Waals surface area contributed by atoms with E-state index in [-0.39, 0.29) is 219 Å². The Morgan fingerprint density at radius 1 is 0.533 bits per heavy atom. The van der Waals surface area contributed by atoms with E-state index >= 15 is 0 Å². The van der Waals surface area contributed by atoms with Gasteiger partial charge < -0.3 is 42.3 Å². The van der Waals surface area contributed by atoms with E-state index in [0.29, 0.717) is 17.5 Å². The molecule has 16 heteroatoms. The minimum absolute atomic E-state index is 0. The van der Waals surface area contributed by atoms with Crippen LogP contribution >= 0.6 is 0 Å². The van der Waals surface area contributed by atoms with Gasteiger partial charge in [0, 0.05) is 48.9 Å². The number of rotatable bonds is 8. The molecule has 0 fully saturated rings. The number of hydrogen-bond donors (Lipinski definition) is 0. The Morgan fingerprint density at radius 2 is 0.867 bits per heavy atom. The molecule has 0 bridgehead atoms. The second-order valence-electron chi connectivity index (χ2n) is 7.95. The van der Waals surface area contributed by atoms with Crippen molar-refractivity contribution in [2.24, 2.45) is 20.4 Å². The molecule has 0 spiro atoms. The smallest absolute Gasteiger partial charge is 1.00 e. The van der Waals surface area contributed by atoms with Gasteiger partial charge in [-0.1, -0.05) is 109 Å². The van der Waals surface area contributed by atoms with Crippen molar-refractivity contribution in [1.29, 1.82) is 0 Å².